The maximum absolute atomic E-state index is 12.4. The van der Waals surface area contributed by atoms with Crippen molar-refractivity contribution >= 4 is 34.7 Å². The van der Waals surface area contributed by atoms with E-state index in [9.17, 15) is 4.79 Å². The summed E-state index contributed by atoms with van der Waals surface area (Å²) in [5.74, 6) is 0. The molecule has 2 aromatic heterocycles. The van der Waals surface area contributed by atoms with E-state index in [1.54, 1.807) is 17.5 Å². The Hall–Kier alpha value is -1.97. The van der Waals surface area contributed by atoms with Crippen molar-refractivity contribution < 1.29 is 14.3 Å². The van der Waals surface area contributed by atoms with Gasteiger partial charge in [-0.05, 0) is 78.2 Å². The monoisotopic (exact) mass is 519 g/mol. The molecule has 2 bridgehead atoms. The van der Waals surface area contributed by atoms with Gasteiger partial charge in [0.1, 0.15) is 15.8 Å². The minimum Gasteiger partial charge on any atom is -0.444 e. The topological polar surface area (TPSA) is 98.3 Å². The van der Waals surface area contributed by atoms with Gasteiger partial charge >= 0.3 is 6.09 Å². The first-order chi connectivity index (χ1) is 16.7. The fourth-order valence-electron chi connectivity index (χ4n) is 5.54. The highest BCUT2D eigenvalue weighted by Crippen LogP contribution is 2.54. The second kappa shape index (κ2) is 9.48. The van der Waals surface area contributed by atoms with Gasteiger partial charge in [-0.1, -0.05) is 22.9 Å². The van der Waals surface area contributed by atoms with Gasteiger partial charge in [-0.25, -0.2) is 9.78 Å². The molecule has 0 aromatic carbocycles. The van der Waals surface area contributed by atoms with Crippen molar-refractivity contribution in [3.8, 4) is 10.6 Å². The van der Waals surface area contributed by atoms with E-state index >= 15 is 0 Å². The molecule has 4 fully saturated rings. The lowest BCUT2D eigenvalue weighted by atomic mass is 9.57. The Kier molecular flexibility index (Phi) is 6.70. The molecule has 0 unspecified atom stereocenters. The molecule has 3 heterocycles. The molecular weight excluding hydrogens is 486 g/mol. The number of amides is 1. The van der Waals surface area contributed by atoms with Crippen LogP contribution < -0.4 is 10.6 Å². The van der Waals surface area contributed by atoms with Gasteiger partial charge in [-0.15, -0.1) is 10.2 Å². The number of nitrogens with zero attached hydrogens (tertiary/aromatic N) is 3. The number of hydrogen-bond acceptors (Lipinski definition) is 8. The van der Waals surface area contributed by atoms with Crippen LogP contribution in [0.5, 0.6) is 0 Å². The third-order valence-electron chi connectivity index (χ3n) is 7.57. The van der Waals surface area contributed by atoms with Crippen LogP contribution in [0.1, 0.15) is 77.1 Å². The molecule has 35 heavy (non-hydrogen) atoms. The smallest absolute Gasteiger partial charge is 0.408 e. The van der Waals surface area contributed by atoms with E-state index in [4.69, 9.17) is 21.1 Å². The number of ether oxygens (including phenoxy) is 2. The molecule has 6 rings (SSSR count). The van der Waals surface area contributed by atoms with Gasteiger partial charge in [-0.2, -0.15) is 0 Å². The Morgan fingerprint density at radius 3 is 2.49 bits per heavy atom. The third kappa shape index (κ3) is 5.42. The van der Waals surface area contributed by atoms with Crippen molar-refractivity contribution in [3.05, 3.63) is 22.4 Å². The largest absolute Gasteiger partial charge is 0.444 e. The van der Waals surface area contributed by atoms with Crippen LogP contribution in [-0.2, 0) is 14.9 Å². The molecule has 4 aliphatic rings. The molecule has 2 N–H and O–H groups in total. The molecule has 0 radical (unpaired) electrons. The Balaban J connectivity index is 1.30. The predicted molar refractivity (Wildman–Crippen MR) is 137 cm³/mol. The van der Waals surface area contributed by atoms with Gasteiger partial charge < -0.3 is 20.1 Å². The number of pyridine rings is 1. The minimum absolute atomic E-state index is 0.0292. The molecule has 3 aliphatic carbocycles. The molecule has 1 amide bonds. The van der Waals surface area contributed by atoms with E-state index in [1.807, 2.05) is 26.8 Å². The Morgan fingerprint density at radius 2 is 1.83 bits per heavy atom. The Bertz CT molecular complexity index is 1050. The summed E-state index contributed by atoms with van der Waals surface area (Å²) >= 11 is 7.90. The molecular formula is C25H34ClN5O3S. The summed E-state index contributed by atoms with van der Waals surface area (Å²) in [6, 6.07) is 2.22. The normalized spacial score (nSPS) is 27.0. The van der Waals surface area contributed by atoms with Gasteiger partial charge in [-0.3, -0.25) is 0 Å². The predicted octanol–water partition coefficient (Wildman–Crippen LogP) is 5.71. The highest BCUT2D eigenvalue weighted by molar-refractivity contribution is 7.14. The van der Waals surface area contributed by atoms with E-state index < -0.39 is 5.60 Å². The molecule has 2 aromatic rings. The highest BCUT2D eigenvalue weighted by atomic mass is 35.5. The van der Waals surface area contributed by atoms with Crippen molar-refractivity contribution in [2.45, 2.75) is 94.7 Å². The Labute approximate surface area is 215 Å². The first-order valence-electron chi connectivity index (χ1n) is 12.5. The van der Waals surface area contributed by atoms with Crippen LogP contribution in [0.3, 0.4) is 0 Å². The zero-order valence-electron chi connectivity index (χ0n) is 20.7. The zero-order chi connectivity index (χ0) is 24.7. The van der Waals surface area contributed by atoms with Crippen LogP contribution in [0.25, 0.3) is 10.6 Å². The summed E-state index contributed by atoms with van der Waals surface area (Å²) in [5, 5.41) is 18.5. The lowest BCUT2D eigenvalue weighted by Crippen LogP contribution is -2.58. The van der Waals surface area contributed by atoms with Gasteiger partial charge in [0.05, 0.1) is 5.56 Å². The fourth-order valence-corrected chi connectivity index (χ4v) is 6.84. The number of hydrogen-bond donors (Lipinski definition) is 2. The van der Waals surface area contributed by atoms with Crippen LogP contribution in [0.15, 0.2) is 12.3 Å². The summed E-state index contributed by atoms with van der Waals surface area (Å²) < 4.78 is 11.0. The second-order valence-electron chi connectivity index (χ2n) is 11.2. The van der Waals surface area contributed by atoms with Crippen molar-refractivity contribution in [3.63, 3.8) is 0 Å². The zero-order valence-corrected chi connectivity index (χ0v) is 22.2. The number of rotatable bonds is 5. The SMILES string of the molecule is CC(C)(C)OC(=O)NC12CCC(c3nnc(-c4cnc(Cl)cc4NC4CCOCC4)s3)(CC1)CC2. The molecule has 8 nitrogen and oxygen atoms in total. The number of alkyl carbamates (subject to hydrolysis) is 1. The van der Waals surface area contributed by atoms with E-state index in [2.05, 4.69) is 25.8 Å². The van der Waals surface area contributed by atoms with E-state index in [0.717, 1.165) is 85.8 Å². The van der Waals surface area contributed by atoms with Gasteiger partial charge in [0.15, 0.2) is 5.01 Å². The summed E-state index contributed by atoms with van der Waals surface area (Å²) in [5.41, 5.74) is 1.25. The van der Waals surface area contributed by atoms with Crippen molar-refractivity contribution in [2.75, 3.05) is 18.5 Å². The number of carbonyl (C=O) groups excluding carboxylic acids is 1. The lowest BCUT2D eigenvalue weighted by molar-refractivity contribution is 0.0258. The molecule has 0 atom stereocenters. The molecule has 3 saturated carbocycles. The first kappa shape index (κ1) is 24.7. The van der Waals surface area contributed by atoms with Crippen LogP contribution in [0.2, 0.25) is 5.15 Å². The van der Waals surface area contributed by atoms with Gasteiger partial charge in [0.2, 0.25) is 0 Å². The molecule has 190 valence electrons. The average Bonchev–Trinajstić information content (AvgIpc) is 3.30. The maximum atomic E-state index is 12.4. The standard InChI is InChI=1S/C25H34ClN5O3S/c1-23(2,3)34-22(32)29-25-9-6-24(7-10-25,8-11-25)21-31-30-20(35-21)17-15-27-19(26)14-18(17)28-16-4-12-33-13-5-16/h14-16H,4-13H2,1-3H3,(H,27,28)(H,29,32). The average molecular weight is 520 g/mol. The molecule has 1 saturated heterocycles. The van der Waals surface area contributed by atoms with E-state index in [-0.39, 0.29) is 17.0 Å². The number of halogens is 1. The van der Waals surface area contributed by atoms with Crippen LogP contribution in [-0.4, -0.2) is 51.7 Å². The van der Waals surface area contributed by atoms with Crippen LogP contribution >= 0.6 is 22.9 Å². The van der Waals surface area contributed by atoms with Crippen molar-refractivity contribution in [1.29, 1.82) is 0 Å². The summed E-state index contributed by atoms with van der Waals surface area (Å²) in [6.45, 7) is 7.21. The van der Waals surface area contributed by atoms with E-state index in [0.29, 0.717) is 11.2 Å². The first-order valence-corrected chi connectivity index (χ1v) is 13.7. The summed E-state index contributed by atoms with van der Waals surface area (Å²) in [4.78, 5) is 16.8. The fraction of sp³-hybridized carbons (Fsp3) is 0.680. The number of anilines is 1. The summed E-state index contributed by atoms with van der Waals surface area (Å²) in [7, 11) is 0. The summed E-state index contributed by atoms with van der Waals surface area (Å²) in [6.07, 6.45) is 9.16. The van der Waals surface area contributed by atoms with Crippen molar-refractivity contribution in [1.82, 2.24) is 20.5 Å². The third-order valence-corrected chi connectivity index (χ3v) is 8.98. The van der Waals surface area contributed by atoms with Gasteiger partial charge in [0, 0.05) is 42.1 Å². The lowest BCUT2D eigenvalue weighted by Gasteiger charge is -2.52. The molecule has 10 heteroatoms. The number of carbonyl (C=O) groups is 1. The quantitative estimate of drug-likeness (QED) is 0.488. The van der Waals surface area contributed by atoms with Crippen LogP contribution in [0.4, 0.5) is 10.5 Å². The van der Waals surface area contributed by atoms with Crippen LogP contribution in [0, 0.1) is 0 Å². The van der Waals surface area contributed by atoms with Crippen molar-refractivity contribution in [2.24, 2.45) is 0 Å². The Morgan fingerprint density at radius 1 is 1.14 bits per heavy atom. The van der Waals surface area contributed by atoms with E-state index in [1.165, 1.54) is 0 Å². The van der Waals surface area contributed by atoms with Gasteiger partial charge in [0.25, 0.3) is 0 Å². The number of aromatic nitrogens is 3. The molecule has 1 aliphatic heterocycles. The number of fused-ring (bicyclic) bond motifs is 3. The molecule has 0 spiro atoms. The highest BCUT2D eigenvalue weighted by Gasteiger charge is 2.52. The maximum Gasteiger partial charge on any atom is 0.408 e. The second-order valence-corrected chi connectivity index (χ2v) is 12.5. The minimum atomic E-state index is -0.494. The number of nitrogens with one attached hydrogen (secondary N) is 2.